The fourth-order valence-corrected chi connectivity index (χ4v) is 2.52. The number of hydrogen-bond acceptors (Lipinski definition) is 3. The van der Waals surface area contributed by atoms with E-state index in [1.54, 1.807) is 0 Å². The van der Waals surface area contributed by atoms with Crippen LogP contribution in [0.2, 0.25) is 5.02 Å². The molecule has 25 heavy (non-hydrogen) atoms. The Morgan fingerprint density at radius 2 is 2.00 bits per heavy atom. The lowest BCUT2D eigenvalue weighted by molar-refractivity contribution is -0.112. The van der Waals surface area contributed by atoms with E-state index in [9.17, 15) is 10.1 Å². The van der Waals surface area contributed by atoms with Gasteiger partial charge in [0, 0.05) is 23.5 Å². The summed E-state index contributed by atoms with van der Waals surface area (Å²) in [4.78, 5) is 12.3. The van der Waals surface area contributed by atoms with E-state index in [0.29, 0.717) is 17.3 Å². The highest BCUT2D eigenvalue weighted by Crippen LogP contribution is 2.18. The average molecular weight is 354 g/mol. The molecule has 0 spiro atoms. The fourth-order valence-electron chi connectivity index (χ4n) is 2.31. The van der Waals surface area contributed by atoms with E-state index in [1.807, 2.05) is 62.4 Å². The number of benzene rings is 2. The molecule has 1 amide bonds. The van der Waals surface area contributed by atoms with Crippen molar-refractivity contribution >= 4 is 23.2 Å². The van der Waals surface area contributed by atoms with Gasteiger partial charge in [0.1, 0.15) is 11.6 Å². The lowest BCUT2D eigenvalue weighted by Gasteiger charge is -2.10. The molecule has 0 unspecified atom stereocenters. The van der Waals surface area contributed by atoms with Crippen LogP contribution >= 0.6 is 11.6 Å². The number of amides is 1. The van der Waals surface area contributed by atoms with Gasteiger partial charge in [-0.15, -0.1) is 0 Å². The van der Waals surface area contributed by atoms with Crippen LogP contribution in [0.1, 0.15) is 16.7 Å². The summed E-state index contributed by atoms with van der Waals surface area (Å²) in [6, 6.07) is 15.2. The second-order valence-electron chi connectivity index (χ2n) is 5.71. The van der Waals surface area contributed by atoms with Crippen molar-refractivity contribution in [3.8, 4) is 6.07 Å². The Morgan fingerprint density at radius 3 is 2.72 bits per heavy atom. The second kappa shape index (κ2) is 8.91. The minimum atomic E-state index is -0.425. The first-order valence-electron chi connectivity index (χ1n) is 7.97. The third-order valence-electron chi connectivity index (χ3n) is 3.91. The maximum atomic E-state index is 12.3. The zero-order chi connectivity index (χ0) is 18.2. The van der Waals surface area contributed by atoms with E-state index in [0.717, 1.165) is 23.1 Å². The Hall–Kier alpha value is -2.77. The van der Waals surface area contributed by atoms with Crippen molar-refractivity contribution in [2.24, 2.45) is 0 Å². The summed E-state index contributed by atoms with van der Waals surface area (Å²) in [6.45, 7) is 4.51. The van der Waals surface area contributed by atoms with Gasteiger partial charge in [-0.05, 0) is 55.2 Å². The van der Waals surface area contributed by atoms with Gasteiger partial charge in [-0.25, -0.2) is 0 Å². The van der Waals surface area contributed by atoms with Crippen LogP contribution in [0.5, 0.6) is 0 Å². The van der Waals surface area contributed by atoms with E-state index in [4.69, 9.17) is 11.6 Å². The van der Waals surface area contributed by atoms with Crippen molar-refractivity contribution in [2.75, 3.05) is 11.9 Å². The molecule has 4 nitrogen and oxygen atoms in total. The van der Waals surface area contributed by atoms with Crippen molar-refractivity contribution in [1.82, 2.24) is 5.32 Å². The molecule has 0 bridgehead atoms. The highest BCUT2D eigenvalue weighted by molar-refractivity contribution is 6.30. The number of aryl methyl sites for hydroxylation is 1. The average Bonchev–Trinajstić information content (AvgIpc) is 2.59. The first-order chi connectivity index (χ1) is 12.0. The van der Waals surface area contributed by atoms with Crippen LogP contribution in [0.25, 0.3) is 0 Å². The first kappa shape index (κ1) is 18.6. The molecule has 0 aliphatic carbocycles. The maximum Gasteiger partial charge on any atom is 0.267 e. The summed E-state index contributed by atoms with van der Waals surface area (Å²) in [7, 11) is 0. The molecule has 0 saturated carbocycles. The lowest BCUT2D eigenvalue weighted by atomic mass is 10.1. The molecule has 2 aromatic rings. The SMILES string of the molecule is Cc1cccc(NC(=O)/C(C#N)=C\NCCc2cccc(Cl)c2)c1C. The van der Waals surface area contributed by atoms with E-state index in [2.05, 4.69) is 10.6 Å². The van der Waals surface area contributed by atoms with Gasteiger partial charge in [0.25, 0.3) is 5.91 Å². The minimum absolute atomic E-state index is 0.0343. The van der Waals surface area contributed by atoms with Gasteiger partial charge in [-0.3, -0.25) is 4.79 Å². The van der Waals surface area contributed by atoms with Crippen LogP contribution in [0.4, 0.5) is 5.69 Å². The van der Waals surface area contributed by atoms with Crippen LogP contribution in [0.3, 0.4) is 0 Å². The summed E-state index contributed by atoms with van der Waals surface area (Å²) >= 11 is 5.94. The Morgan fingerprint density at radius 1 is 1.24 bits per heavy atom. The monoisotopic (exact) mass is 353 g/mol. The van der Waals surface area contributed by atoms with Gasteiger partial charge >= 0.3 is 0 Å². The zero-order valence-electron chi connectivity index (χ0n) is 14.3. The molecule has 0 aliphatic rings. The van der Waals surface area contributed by atoms with Crippen molar-refractivity contribution in [3.63, 3.8) is 0 Å². The third-order valence-corrected chi connectivity index (χ3v) is 4.15. The minimum Gasteiger partial charge on any atom is -0.389 e. The Bertz CT molecular complexity index is 837. The second-order valence-corrected chi connectivity index (χ2v) is 6.14. The highest BCUT2D eigenvalue weighted by atomic mass is 35.5. The Kier molecular flexibility index (Phi) is 6.62. The molecule has 0 saturated heterocycles. The molecule has 0 radical (unpaired) electrons. The van der Waals surface area contributed by atoms with Crippen molar-refractivity contribution in [3.05, 3.63) is 76.0 Å². The van der Waals surface area contributed by atoms with Crippen LogP contribution in [-0.2, 0) is 11.2 Å². The summed E-state index contributed by atoms with van der Waals surface area (Å²) in [5.74, 6) is -0.425. The molecule has 0 fully saturated rings. The van der Waals surface area contributed by atoms with Crippen molar-refractivity contribution < 1.29 is 4.79 Å². The molecular formula is C20H20ClN3O. The smallest absolute Gasteiger partial charge is 0.267 e. The lowest BCUT2D eigenvalue weighted by Crippen LogP contribution is -2.18. The summed E-state index contributed by atoms with van der Waals surface area (Å²) in [6.07, 6.45) is 2.19. The number of rotatable bonds is 6. The molecule has 0 aromatic heterocycles. The van der Waals surface area contributed by atoms with Crippen LogP contribution in [0, 0.1) is 25.2 Å². The Balaban J connectivity index is 1.94. The van der Waals surface area contributed by atoms with E-state index >= 15 is 0 Å². The van der Waals surface area contributed by atoms with Crippen LogP contribution in [-0.4, -0.2) is 12.5 Å². The number of nitrogens with one attached hydrogen (secondary N) is 2. The summed E-state index contributed by atoms with van der Waals surface area (Å²) < 4.78 is 0. The first-order valence-corrected chi connectivity index (χ1v) is 8.34. The molecule has 0 aliphatic heterocycles. The van der Waals surface area contributed by atoms with Gasteiger partial charge in [-0.2, -0.15) is 5.26 Å². The molecule has 2 rings (SSSR count). The molecule has 5 heteroatoms. The maximum absolute atomic E-state index is 12.3. The number of halogens is 1. The van der Waals surface area contributed by atoms with Gasteiger partial charge < -0.3 is 10.6 Å². The van der Waals surface area contributed by atoms with Gasteiger partial charge in [-0.1, -0.05) is 35.9 Å². The number of nitrogens with zero attached hydrogens (tertiary/aromatic N) is 1. The normalized spacial score (nSPS) is 10.9. The molecule has 2 aromatic carbocycles. The predicted octanol–water partition coefficient (Wildman–Crippen LogP) is 4.14. The number of hydrogen-bond donors (Lipinski definition) is 2. The Labute approximate surface area is 153 Å². The molecule has 0 atom stereocenters. The molecule has 0 heterocycles. The molecule has 128 valence electrons. The van der Waals surface area contributed by atoms with E-state index in [-0.39, 0.29) is 5.57 Å². The van der Waals surface area contributed by atoms with Crippen LogP contribution < -0.4 is 10.6 Å². The third kappa shape index (κ3) is 5.37. The van der Waals surface area contributed by atoms with Gasteiger partial charge in [0.05, 0.1) is 0 Å². The molecule has 2 N–H and O–H groups in total. The highest BCUT2D eigenvalue weighted by Gasteiger charge is 2.11. The van der Waals surface area contributed by atoms with Crippen molar-refractivity contribution in [1.29, 1.82) is 5.26 Å². The number of carbonyl (C=O) groups is 1. The largest absolute Gasteiger partial charge is 0.389 e. The summed E-state index contributed by atoms with van der Waals surface area (Å²) in [5.41, 5.74) is 3.91. The summed E-state index contributed by atoms with van der Waals surface area (Å²) in [5, 5.41) is 15.7. The fraction of sp³-hybridized carbons (Fsp3) is 0.200. The van der Waals surface area contributed by atoms with E-state index < -0.39 is 5.91 Å². The number of anilines is 1. The zero-order valence-corrected chi connectivity index (χ0v) is 15.0. The standard InChI is InChI=1S/C20H20ClN3O/c1-14-5-3-8-19(15(14)2)24-20(25)17(12-22)13-23-10-9-16-6-4-7-18(21)11-16/h3-8,11,13,23H,9-10H2,1-2H3,(H,24,25)/b17-13-. The quantitative estimate of drug-likeness (QED) is 0.466. The van der Waals surface area contributed by atoms with Crippen LogP contribution in [0.15, 0.2) is 54.2 Å². The van der Waals surface area contributed by atoms with E-state index in [1.165, 1.54) is 6.20 Å². The van der Waals surface area contributed by atoms with Gasteiger partial charge in [0.15, 0.2) is 0 Å². The molecular weight excluding hydrogens is 334 g/mol. The van der Waals surface area contributed by atoms with Gasteiger partial charge in [0.2, 0.25) is 0 Å². The number of carbonyl (C=O) groups excluding carboxylic acids is 1. The topological polar surface area (TPSA) is 64.9 Å². The number of nitriles is 1. The predicted molar refractivity (Wildman–Crippen MR) is 101 cm³/mol. The van der Waals surface area contributed by atoms with Crippen molar-refractivity contribution in [2.45, 2.75) is 20.3 Å².